The molecule has 3 amide bonds. The minimum Gasteiger partial charge on any atom is -0.506 e. The van der Waals surface area contributed by atoms with Crippen LogP contribution in [-0.2, 0) is 17.8 Å². The first kappa shape index (κ1) is 34.3. The number of phenolic OH excluding ortho intramolecular Hbond substituents is 1. The topological polar surface area (TPSA) is 119 Å². The Labute approximate surface area is 293 Å². The molecule has 2 aromatic carbocycles. The van der Waals surface area contributed by atoms with Crippen molar-refractivity contribution in [2.75, 3.05) is 64.7 Å². The number of piperazine rings is 1. The number of halogens is 2. The standard InChI is InChI=1S/C34H44Br2N6O5/c1-38-11-7-26(8-12-38)39-14-16-40(17-15-39)34(10-19-43)22-27(41-13-6-25-4-2-3-5-30(25)37-32(41)45)9-18-42(34,33(46)47)23-24-20-28(35)31(44)29(36)21-24/h2-5,19-21,26-27H,6-18,22-23H2,1H3,(H2-,37,44,45,46,47)/t27?,34?,42-/m0/s1. The van der Waals surface area contributed by atoms with Crippen LogP contribution in [0.25, 0.3) is 0 Å². The van der Waals surface area contributed by atoms with Gasteiger partial charge < -0.3 is 34.9 Å². The number of phenols is 1. The number of carbonyl (C=O) groups excluding carboxylic acids is 3. The Bertz CT molecular complexity index is 1470. The Balaban J connectivity index is 1.36. The predicted molar refractivity (Wildman–Crippen MR) is 184 cm³/mol. The quantitative estimate of drug-likeness (QED) is 0.322. The van der Waals surface area contributed by atoms with Crippen LogP contribution >= 0.6 is 31.9 Å². The van der Waals surface area contributed by atoms with Gasteiger partial charge in [-0.25, -0.2) is 9.69 Å². The number of piperidine rings is 2. The fourth-order valence-corrected chi connectivity index (χ4v) is 9.87. The molecule has 0 aliphatic carbocycles. The van der Waals surface area contributed by atoms with E-state index < -0.39 is 16.2 Å². The number of nitrogens with one attached hydrogen (secondary N) is 1. The predicted octanol–water partition coefficient (Wildman–Crippen LogP) is 3.83. The lowest BCUT2D eigenvalue weighted by Gasteiger charge is -2.62. The van der Waals surface area contributed by atoms with E-state index in [1.165, 1.54) is 0 Å². The van der Waals surface area contributed by atoms with Crippen molar-refractivity contribution in [3.8, 4) is 5.75 Å². The highest BCUT2D eigenvalue weighted by atomic mass is 79.9. The summed E-state index contributed by atoms with van der Waals surface area (Å²) in [6, 6.07) is 11.3. The smallest absolute Gasteiger partial charge is 0.322 e. The zero-order chi connectivity index (χ0) is 33.3. The van der Waals surface area contributed by atoms with Gasteiger partial charge in [0.1, 0.15) is 18.6 Å². The van der Waals surface area contributed by atoms with Crippen molar-refractivity contribution in [1.29, 1.82) is 0 Å². The van der Waals surface area contributed by atoms with Gasteiger partial charge in [0.2, 0.25) is 0 Å². The number of amides is 3. The number of quaternary nitrogens is 1. The summed E-state index contributed by atoms with van der Waals surface area (Å²) in [6.07, 6.45) is 3.24. The highest BCUT2D eigenvalue weighted by Crippen LogP contribution is 2.46. The maximum absolute atomic E-state index is 13.7. The van der Waals surface area contributed by atoms with Gasteiger partial charge in [0.25, 0.3) is 6.09 Å². The molecule has 0 bridgehead atoms. The number of aldehydes is 1. The number of fused-ring (bicyclic) bond motifs is 1. The van der Waals surface area contributed by atoms with E-state index in [9.17, 15) is 24.6 Å². The number of para-hydroxylation sites is 1. The van der Waals surface area contributed by atoms with Crippen LogP contribution in [0.3, 0.4) is 0 Å². The third-order valence-electron chi connectivity index (χ3n) is 11.2. The molecule has 3 fully saturated rings. The molecule has 4 heterocycles. The first-order chi connectivity index (χ1) is 22.6. The Kier molecular flexibility index (Phi) is 10.3. The second-order valence-corrected chi connectivity index (χ2v) is 15.3. The summed E-state index contributed by atoms with van der Waals surface area (Å²) in [7, 11) is 2.16. The number of rotatable bonds is 7. The van der Waals surface area contributed by atoms with Gasteiger partial charge in [-0.15, -0.1) is 0 Å². The average molecular weight is 777 g/mol. The van der Waals surface area contributed by atoms with Gasteiger partial charge in [-0.1, -0.05) is 18.2 Å². The largest absolute Gasteiger partial charge is 0.506 e. The van der Waals surface area contributed by atoms with Crippen LogP contribution in [0.15, 0.2) is 45.3 Å². The molecule has 0 radical (unpaired) electrons. The molecule has 47 heavy (non-hydrogen) atoms. The molecule has 0 spiro atoms. The summed E-state index contributed by atoms with van der Waals surface area (Å²) in [5.74, 6) is 0.0322. The Morgan fingerprint density at radius 1 is 1.04 bits per heavy atom. The van der Waals surface area contributed by atoms with E-state index in [0.717, 1.165) is 56.6 Å². The fraction of sp³-hybridized carbons (Fsp3) is 0.559. The van der Waals surface area contributed by atoms with Crippen LogP contribution < -0.4 is 10.4 Å². The molecular weight excluding hydrogens is 732 g/mol. The van der Waals surface area contributed by atoms with Crippen molar-refractivity contribution in [2.45, 2.75) is 62.8 Å². The number of carboxylic acid groups (broad SMARTS) is 1. The lowest BCUT2D eigenvalue weighted by molar-refractivity contribution is -0.956. The van der Waals surface area contributed by atoms with Crippen molar-refractivity contribution in [1.82, 2.24) is 19.6 Å². The molecule has 4 aliphatic heterocycles. The van der Waals surface area contributed by atoms with Gasteiger partial charge in [0, 0.05) is 68.9 Å². The highest BCUT2D eigenvalue weighted by molar-refractivity contribution is 9.11. The van der Waals surface area contributed by atoms with Crippen LogP contribution in [0.4, 0.5) is 15.3 Å². The van der Waals surface area contributed by atoms with E-state index in [2.05, 4.69) is 58.9 Å². The van der Waals surface area contributed by atoms with Crippen LogP contribution in [0, 0.1) is 0 Å². The molecule has 0 aromatic heterocycles. The van der Waals surface area contributed by atoms with Crippen LogP contribution in [0.1, 0.15) is 43.2 Å². The van der Waals surface area contributed by atoms with Crippen molar-refractivity contribution in [3.63, 3.8) is 0 Å². The second kappa shape index (κ2) is 14.1. The van der Waals surface area contributed by atoms with Crippen LogP contribution in [0.2, 0.25) is 0 Å². The zero-order valence-electron chi connectivity index (χ0n) is 26.9. The SMILES string of the molecule is CN1CCC(N2CCN(C3(CC=O)CC(N4CCc5ccccc5NC4=O)CC[N@+]3(Cc3cc(Br)c(O)c(Br)c3)C(=O)[O-])CC2)CC1. The van der Waals surface area contributed by atoms with Gasteiger partial charge in [0.15, 0.2) is 5.66 Å². The normalized spacial score (nSPS) is 28.4. The lowest BCUT2D eigenvalue weighted by atomic mass is 9.82. The summed E-state index contributed by atoms with van der Waals surface area (Å²) in [5, 5.41) is 27.2. The van der Waals surface area contributed by atoms with Gasteiger partial charge in [0.05, 0.1) is 21.9 Å². The number of aromatic hydroxyl groups is 1. The molecule has 2 aromatic rings. The van der Waals surface area contributed by atoms with Gasteiger partial charge >= 0.3 is 6.03 Å². The maximum atomic E-state index is 13.7. The van der Waals surface area contributed by atoms with Crippen LogP contribution in [0.5, 0.6) is 5.75 Å². The van der Waals surface area contributed by atoms with E-state index in [4.69, 9.17) is 0 Å². The highest BCUT2D eigenvalue weighted by Gasteiger charge is 2.61. The average Bonchev–Trinajstić information content (AvgIpc) is 3.23. The van der Waals surface area contributed by atoms with Gasteiger partial charge in [-0.3, -0.25) is 9.38 Å². The molecular formula is C34H44Br2N6O5. The van der Waals surface area contributed by atoms with Crippen molar-refractivity contribution >= 4 is 56.0 Å². The molecule has 4 aliphatic rings. The number of nitrogens with zero attached hydrogens (tertiary/aromatic N) is 5. The molecule has 2 N–H and O–H groups in total. The minimum absolute atomic E-state index is 0.0121. The van der Waals surface area contributed by atoms with Crippen molar-refractivity contribution < 1.29 is 29.1 Å². The molecule has 2 unspecified atom stereocenters. The molecule has 3 atom stereocenters. The van der Waals surface area contributed by atoms with Gasteiger partial charge in [-0.05, 0) is 95.0 Å². The number of hydrogen-bond acceptors (Lipinski definition) is 8. The van der Waals surface area contributed by atoms with E-state index in [1.807, 2.05) is 29.2 Å². The molecule has 0 saturated carbocycles. The van der Waals surface area contributed by atoms with Gasteiger partial charge in [-0.2, -0.15) is 0 Å². The Morgan fingerprint density at radius 3 is 2.38 bits per heavy atom. The Hall–Kier alpha value is -2.55. The molecule has 11 nitrogen and oxygen atoms in total. The summed E-state index contributed by atoms with van der Waals surface area (Å²) in [4.78, 5) is 49.1. The third kappa shape index (κ3) is 6.59. The zero-order valence-corrected chi connectivity index (χ0v) is 30.0. The number of benzene rings is 2. The van der Waals surface area contributed by atoms with Crippen molar-refractivity contribution in [2.24, 2.45) is 0 Å². The van der Waals surface area contributed by atoms with E-state index in [-0.39, 0.29) is 37.3 Å². The third-order valence-corrected chi connectivity index (χ3v) is 12.4. The molecule has 6 rings (SSSR count). The molecule has 254 valence electrons. The number of likely N-dealkylation sites (tertiary alicyclic amines) is 2. The summed E-state index contributed by atoms with van der Waals surface area (Å²) < 4.78 is 0.430. The van der Waals surface area contributed by atoms with E-state index in [1.54, 1.807) is 12.1 Å². The monoisotopic (exact) mass is 774 g/mol. The lowest BCUT2D eigenvalue weighted by Crippen LogP contribution is -2.81. The number of carbonyl (C=O) groups is 3. The fourth-order valence-electron chi connectivity index (χ4n) is 8.59. The van der Waals surface area contributed by atoms with E-state index in [0.29, 0.717) is 59.4 Å². The summed E-state index contributed by atoms with van der Waals surface area (Å²) >= 11 is 6.82. The minimum atomic E-state index is -1.24. The maximum Gasteiger partial charge on any atom is 0.322 e. The van der Waals surface area contributed by atoms with E-state index >= 15 is 0 Å². The number of urea groups is 1. The number of anilines is 1. The first-order valence-electron chi connectivity index (χ1n) is 16.6. The second-order valence-electron chi connectivity index (χ2n) is 13.6. The van der Waals surface area contributed by atoms with Crippen LogP contribution in [-0.4, -0.2) is 125 Å². The first-order valence-corrected chi connectivity index (χ1v) is 18.2. The Morgan fingerprint density at radius 2 is 1.72 bits per heavy atom. The molecule has 3 saturated heterocycles. The molecule has 13 heteroatoms. The summed E-state index contributed by atoms with van der Waals surface area (Å²) in [6.45, 7) is 5.65. The van der Waals surface area contributed by atoms with Crippen molar-refractivity contribution in [3.05, 3.63) is 56.5 Å². The number of hydrogen-bond donors (Lipinski definition) is 2. The summed E-state index contributed by atoms with van der Waals surface area (Å²) in [5.41, 5.74) is 1.39.